The molecule has 11 heteroatoms. The van der Waals surface area contributed by atoms with Crippen LogP contribution < -0.4 is 11.5 Å². The molecular weight excluding hydrogens is 354 g/mol. The van der Waals surface area contributed by atoms with Crippen molar-refractivity contribution in [2.24, 2.45) is 5.73 Å². The van der Waals surface area contributed by atoms with Gasteiger partial charge in [-0.15, -0.1) is 0 Å². The lowest BCUT2D eigenvalue weighted by molar-refractivity contribution is -0.212. The van der Waals surface area contributed by atoms with Crippen LogP contribution in [0.15, 0.2) is 12.7 Å². The summed E-state index contributed by atoms with van der Waals surface area (Å²) in [6.45, 7) is 5.33. The second kappa shape index (κ2) is 6.93. The van der Waals surface area contributed by atoms with Crippen molar-refractivity contribution >= 4 is 17.0 Å². The van der Waals surface area contributed by atoms with Crippen LogP contribution in [0.4, 0.5) is 5.82 Å². The molecule has 2 aliphatic rings. The number of rotatable bonds is 6. The molecule has 4 rings (SSSR count). The standard InChI is InChI=1S/C16H25N7O4/c1-16(2)26-11-9(6-22(24-3)5-4-17)25-15(12(11)27-16)23-8-21-10-13(18)19-7-20-14(10)23/h7-9,11-12,15H,4-6,17H2,1-3H3,(H2,18,19,20)/t9-,11-,12-,15-/m1/s1. The fourth-order valence-electron chi connectivity index (χ4n) is 3.69. The van der Waals surface area contributed by atoms with Crippen molar-refractivity contribution in [3.63, 3.8) is 0 Å². The number of imidazole rings is 1. The first kappa shape index (κ1) is 18.5. The monoisotopic (exact) mass is 379 g/mol. The largest absolute Gasteiger partial charge is 0.382 e. The van der Waals surface area contributed by atoms with Gasteiger partial charge in [0.2, 0.25) is 0 Å². The van der Waals surface area contributed by atoms with E-state index in [1.807, 2.05) is 18.4 Å². The van der Waals surface area contributed by atoms with Gasteiger partial charge in [-0.1, -0.05) is 0 Å². The zero-order valence-corrected chi connectivity index (χ0v) is 15.6. The smallest absolute Gasteiger partial charge is 0.167 e. The van der Waals surface area contributed by atoms with Gasteiger partial charge in [0.15, 0.2) is 23.5 Å². The minimum absolute atomic E-state index is 0.267. The normalized spacial score (nSPS) is 29.7. The van der Waals surface area contributed by atoms with Crippen LogP contribution >= 0.6 is 0 Å². The SMILES string of the molecule is CON(CCN)C[C@H]1O[C@@H](n2cnc3c(N)ncnc32)[C@@H]2OC(C)(C)O[C@@H]21. The first-order valence-electron chi connectivity index (χ1n) is 8.86. The number of nitrogens with two attached hydrogens (primary N) is 2. The molecule has 11 nitrogen and oxygen atoms in total. The van der Waals surface area contributed by atoms with Crippen molar-refractivity contribution in [3.8, 4) is 0 Å². The number of hydrogen-bond donors (Lipinski definition) is 2. The van der Waals surface area contributed by atoms with Gasteiger partial charge in [0.1, 0.15) is 30.2 Å². The number of hydrogen-bond acceptors (Lipinski definition) is 10. The highest BCUT2D eigenvalue weighted by Crippen LogP contribution is 2.44. The number of hydroxylamine groups is 2. The first-order valence-corrected chi connectivity index (χ1v) is 8.86. The van der Waals surface area contributed by atoms with Gasteiger partial charge in [-0.3, -0.25) is 4.57 Å². The van der Waals surface area contributed by atoms with Gasteiger partial charge in [0, 0.05) is 13.1 Å². The molecule has 0 saturated carbocycles. The molecule has 0 radical (unpaired) electrons. The molecular formula is C16H25N7O4. The molecule has 0 amide bonds. The maximum Gasteiger partial charge on any atom is 0.167 e. The van der Waals surface area contributed by atoms with Crippen molar-refractivity contribution in [3.05, 3.63) is 12.7 Å². The minimum atomic E-state index is -0.716. The molecule has 2 aromatic heterocycles. The minimum Gasteiger partial charge on any atom is -0.382 e. The maximum absolute atomic E-state index is 6.30. The topological polar surface area (TPSA) is 136 Å². The number of ether oxygens (including phenoxy) is 3. The van der Waals surface area contributed by atoms with Crippen LogP contribution in [0.25, 0.3) is 11.2 Å². The van der Waals surface area contributed by atoms with Crippen LogP contribution in [0, 0.1) is 0 Å². The van der Waals surface area contributed by atoms with Crippen molar-refractivity contribution in [1.82, 2.24) is 24.6 Å². The van der Waals surface area contributed by atoms with Gasteiger partial charge >= 0.3 is 0 Å². The predicted molar refractivity (Wildman–Crippen MR) is 95.1 cm³/mol. The molecule has 2 aliphatic heterocycles. The first-order chi connectivity index (χ1) is 12.9. The van der Waals surface area contributed by atoms with Crippen LogP contribution in [0.5, 0.6) is 0 Å². The highest BCUT2D eigenvalue weighted by molar-refractivity contribution is 5.81. The third-order valence-corrected chi connectivity index (χ3v) is 4.81. The van der Waals surface area contributed by atoms with E-state index in [1.165, 1.54) is 6.33 Å². The van der Waals surface area contributed by atoms with Gasteiger partial charge < -0.3 is 30.5 Å². The van der Waals surface area contributed by atoms with E-state index in [1.54, 1.807) is 18.5 Å². The van der Waals surface area contributed by atoms with E-state index in [4.69, 9.17) is 30.5 Å². The van der Waals surface area contributed by atoms with Crippen molar-refractivity contribution in [2.75, 3.05) is 32.5 Å². The number of nitrogens with zero attached hydrogens (tertiary/aromatic N) is 5. The van der Waals surface area contributed by atoms with Crippen LogP contribution in [0.2, 0.25) is 0 Å². The lowest BCUT2D eigenvalue weighted by Gasteiger charge is -2.27. The van der Waals surface area contributed by atoms with Crippen LogP contribution in [0.3, 0.4) is 0 Å². The van der Waals surface area contributed by atoms with Crippen molar-refractivity contribution in [1.29, 1.82) is 0 Å². The van der Waals surface area contributed by atoms with Crippen LogP contribution in [-0.4, -0.2) is 75.4 Å². The molecule has 0 aromatic carbocycles. The van der Waals surface area contributed by atoms with E-state index in [-0.39, 0.29) is 18.3 Å². The third-order valence-electron chi connectivity index (χ3n) is 4.81. The summed E-state index contributed by atoms with van der Waals surface area (Å²) in [6, 6.07) is 0. The van der Waals surface area contributed by atoms with Gasteiger partial charge in [0.05, 0.1) is 20.0 Å². The van der Waals surface area contributed by atoms with Gasteiger partial charge in [-0.2, -0.15) is 5.06 Å². The van der Waals surface area contributed by atoms with Crippen LogP contribution in [0.1, 0.15) is 20.1 Å². The maximum atomic E-state index is 6.30. The third kappa shape index (κ3) is 3.26. The number of fused-ring (bicyclic) bond motifs is 2. The van der Waals surface area contributed by atoms with Gasteiger partial charge in [0.25, 0.3) is 0 Å². The number of aromatic nitrogens is 4. The Morgan fingerprint density at radius 1 is 1.26 bits per heavy atom. The molecule has 0 bridgehead atoms. The molecule has 4 atom stereocenters. The number of anilines is 1. The molecule has 4 heterocycles. The number of nitrogen functional groups attached to an aromatic ring is 1. The van der Waals surface area contributed by atoms with Crippen LogP contribution in [-0.2, 0) is 19.0 Å². The molecule has 2 saturated heterocycles. The summed E-state index contributed by atoms with van der Waals surface area (Å²) in [5.41, 5.74) is 12.7. The van der Waals surface area contributed by atoms with Crippen molar-refractivity contribution < 1.29 is 19.0 Å². The molecule has 27 heavy (non-hydrogen) atoms. The molecule has 0 unspecified atom stereocenters. The average molecular weight is 379 g/mol. The van der Waals surface area contributed by atoms with E-state index in [9.17, 15) is 0 Å². The highest BCUT2D eigenvalue weighted by Gasteiger charge is 2.56. The Kier molecular flexibility index (Phi) is 4.74. The van der Waals surface area contributed by atoms with E-state index < -0.39 is 12.0 Å². The zero-order valence-electron chi connectivity index (χ0n) is 15.6. The zero-order chi connectivity index (χ0) is 19.2. The molecule has 4 N–H and O–H groups in total. The summed E-state index contributed by atoms with van der Waals surface area (Å²) in [5.74, 6) is -0.395. The van der Waals surface area contributed by atoms with Gasteiger partial charge in [-0.25, -0.2) is 15.0 Å². The lowest BCUT2D eigenvalue weighted by atomic mass is 10.1. The van der Waals surface area contributed by atoms with E-state index in [0.29, 0.717) is 36.6 Å². The Hall–Kier alpha value is -1.89. The summed E-state index contributed by atoms with van der Waals surface area (Å²) in [5, 5.41) is 1.75. The summed E-state index contributed by atoms with van der Waals surface area (Å²) >= 11 is 0. The second-order valence-electron chi connectivity index (χ2n) is 7.07. The summed E-state index contributed by atoms with van der Waals surface area (Å²) in [7, 11) is 1.61. The predicted octanol–water partition coefficient (Wildman–Crippen LogP) is -0.352. The van der Waals surface area contributed by atoms with E-state index in [2.05, 4.69) is 15.0 Å². The Morgan fingerprint density at radius 3 is 2.78 bits per heavy atom. The van der Waals surface area contributed by atoms with E-state index in [0.717, 1.165) is 0 Å². The summed E-state index contributed by atoms with van der Waals surface area (Å²) < 4.78 is 20.4. The summed E-state index contributed by atoms with van der Waals surface area (Å²) in [6.07, 6.45) is 1.72. The molecule has 0 spiro atoms. The Balaban J connectivity index is 1.65. The van der Waals surface area contributed by atoms with E-state index >= 15 is 0 Å². The molecule has 2 fully saturated rings. The lowest BCUT2D eigenvalue weighted by Crippen LogP contribution is -2.41. The Labute approximate surface area is 156 Å². The molecule has 2 aromatic rings. The highest BCUT2D eigenvalue weighted by atomic mass is 16.8. The summed E-state index contributed by atoms with van der Waals surface area (Å²) in [4.78, 5) is 18.0. The fraction of sp³-hybridized carbons (Fsp3) is 0.688. The quantitative estimate of drug-likeness (QED) is 0.641. The second-order valence-corrected chi connectivity index (χ2v) is 7.07. The average Bonchev–Trinajstić information content (AvgIpc) is 3.27. The molecule has 148 valence electrons. The van der Waals surface area contributed by atoms with Gasteiger partial charge in [-0.05, 0) is 13.8 Å². The fourth-order valence-corrected chi connectivity index (χ4v) is 3.69. The molecule has 0 aliphatic carbocycles. The van der Waals surface area contributed by atoms with Crippen molar-refractivity contribution in [2.45, 2.75) is 44.2 Å². The Bertz CT molecular complexity index is 813. The Morgan fingerprint density at radius 2 is 2.04 bits per heavy atom.